The molecule has 0 amide bonds. The molecule has 0 radical (unpaired) electrons. The van der Waals surface area contributed by atoms with Crippen molar-refractivity contribution in [2.45, 2.75) is 79.1 Å². The fourth-order valence-corrected chi connectivity index (χ4v) is 3.64. The minimum atomic E-state index is -0.702. The monoisotopic (exact) mass is 554 g/mol. The third-order valence-electron chi connectivity index (χ3n) is 3.59. The van der Waals surface area contributed by atoms with E-state index in [1.807, 2.05) is 0 Å². The minimum Gasteiger partial charge on any atom is -0.481 e. The van der Waals surface area contributed by atoms with E-state index in [1.54, 1.807) is 0 Å². The van der Waals surface area contributed by atoms with Crippen LogP contribution in [0.15, 0.2) is 25.3 Å². The molecule has 0 aromatic carbocycles. The molecule has 0 aromatic heterocycles. The molecule has 7 heteroatoms. The molecule has 0 aromatic rings. The number of carbonyl (C=O) groups is 2. The Morgan fingerprint density at radius 1 is 0.727 bits per heavy atom. The first-order chi connectivity index (χ1) is 15.1. The second-order valence-electron chi connectivity index (χ2n) is 7.96. The molecule has 0 atom stereocenters. The van der Waals surface area contributed by atoms with Crippen molar-refractivity contribution < 1.29 is 39.3 Å². The molecule has 2 N–H and O–H groups in total. The number of hydrogen-bond donors (Lipinski definition) is 2. The van der Waals surface area contributed by atoms with Gasteiger partial charge in [0.05, 0.1) is 11.5 Å². The van der Waals surface area contributed by atoms with Crippen LogP contribution < -0.4 is 0 Å². The molecule has 0 saturated heterocycles. The summed E-state index contributed by atoms with van der Waals surface area (Å²) >= 11 is 3.04. The summed E-state index contributed by atoms with van der Waals surface area (Å²) in [5, 5.41) is 16.7. The van der Waals surface area contributed by atoms with Crippen molar-refractivity contribution in [3.05, 3.63) is 39.2 Å². The first kappa shape index (κ1) is 42.6. The Balaban J connectivity index is -0.000000124. The Bertz CT molecular complexity index is 379. The van der Waals surface area contributed by atoms with Crippen LogP contribution in [0, 0.1) is 25.7 Å². The van der Waals surface area contributed by atoms with E-state index >= 15 is 0 Å². The molecule has 0 saturated carbocycles. The average molecular weight is 556 g/mol. The van der Waals surface area contributed by atoms with Gasteiger partial charge in [0.15, 0.2) is 0 Å². The molecule has 0 bridgehead atoms. The van der Waals surface area contributed by atoms with Gasteiger partial charge in [-0.15, -0.1) is 0 Å². The summed E-state index contributed by atoms with van der Waals surface area (Å²) in [4.78, 5) is 20.3. The van der Waals surface area contributed by atoms with Gasteiger partial charge in [-0.3, -0.25) is 9.59 Å². The van der Waals surface area contributed by atoms with E-state index in [1.165, 1.54) is 74.2 Å². The number of unbranched alkanes of at least 4 members (excludes halogenated alkanes) is 4. The summed E-state index contributed by atoms with van der Waals surface area (Å²) in [6, 6.07) is 0. The molecule has 0 fully saturated rings. The van der Waals surface area contributed by atoms with Crippen molar-refractivity contribution >= 4 is 35.5 Å². The molecule has 0 rings (SSSR count). The van der Waals surface area contributed by atoms with Crippen LogP contribution in [0.1, 0.15) is 79.1 Å². The number of thioether (sulfide) groups is 2. The number of rotatable bonds is 16. The summed E-state index contributed by atoms with van der Waals surface area (Å²) in [6.45, 7) is 21.9. The standard InChI is InChI=1S/2C10H20O2S.2C3H5.Zn/c2*1-9(2)6-4-3-5-7-13-8-10(11)12;2*1-3-2;/h2*9H,3-8H2,1-2H3,(H,11,12);2*3H,1-2H2;/q;;2*-1;+2. The normalized spacial score (nSPS) is 9.15. The molecular weight excluding hydrogens is 506 g/mol. The molecule has 0 aliphatic carbocycles. The fraction of sp³-hybridized carbons (Fsp3) is 0.692. The topological polar surface area (TPSA) is 74.6 Å². The van der Waals surface area contributed by atoms with Crippen LogP contribution in [0.25, 0.3) is 0 Å². The van der Waals surface area contributed by atoms with Crippen LogP contribution in [0.5, 0.6) is 0 Å². The van der Waals surface area contributed by atoms with Gasteiger partial charge in [-0.2, -0.15) is 23.5 Å². The van der Waals surface area contributed by atoms with Gasteiger partial charge in [0, 0.05) is 0 Å². The smallest absolute Gasteiger partial charge is 0.481 e. The number of carboxylic acids is 2. The number of hydrogen-bond acceptors (Lipinski definition) is 4. The maximum Gasteiger partial charge on any atom is 2.00 e. The summed E-state index contributed by atoms with van der Waals surface area (Å²) in [7, 11) is 0. The molecule has 0 spiro atoms. The predicted octanol–water partition coefficient (Wildman–Crippen LogP) is 8.05. The minimum absolute atomic E-state index is 0. The summed E-state index contributed by atoms with van der Waals surface area (Å²) in [5.74, 6) is 2.68. The van der Waals surface area contributed by atoms with E-state index in [-0.39, 0.29) is 31.0 Å². The molecule has 0 unspecified atom stereocenters. The van der Waals surface area contributed by atoms with Crippen molar-refractivity contribution in [1.29, 1.82) is 0 Å². The van der Waals surface area contributed by atoms with E-state index in [2.05, 4.69) is 54.7 Å². The van der Waals surface area contributed by atoms with Crippen molar-refractivity contribution in [2.24, 2.45) is 11.8 Å². The van der Waals surface area contributed by atoms with E-state index < -0.39 is 11.9 Å². The van der Waals surface area contributed by atoms with Gasteiger partial charge in [-0.05, 0) is 36.2 Å². The Kier molecular flexibility index (Phi) is 50.0. The van der Waals surface area contributed by atoms with E-state index in [0.29, 0.717) is 0 Å². The fourth-order valence-electron chi connectivity index (χ4n) is 2.19. The predicted molar refractivity (Wildman–Crippen MR) is 148 cm³/mol. The van der Waals surface area contributed by atoms with Gasteiger partial charge >= 0.3 is 31.4 Å². The molecule has 4 nitrogen and oxygen atoms in total. The largest absolute Gasteiger partial charge is 2.00 e. The Morgan fingerprint density at radius 2 is 1.00 bits per heavy atom. The summed E-state index contributed by atoms with van der Waals surface area (Å²) in [6.07, 6.45) is 13.0. The van der Waals surface area contributed by atoms with Crippen LogP contribution in [-0.4, -0.2) is 45.2 Å². The van der Waals surface area contributed by atoms with Crippen LogP contribution in [-0.2, 0) is 29.1 Å². The number of carboxylic acid groups (broad SMARTS) is 2. The van der Waals surface area contributed by atoms with Gasteiger partial charge in [0.2, 0.25) is 0 Å². The van der Waals surface area contributed by atoms with E-state index in [0.717, 1.165) is 36.2 Å². The van der Waals surface area contributed by atoms with Crippen molar-refractivity contribution in [2.75, 3.05) is 23.0 Å². The maximum atomic E-state index is 10.2. The van der Waals surface area contributed by atoms with Crippen molar-refractivity contribution in [3.8, 4) is 0 Å². The van der Waals surface area contributed by atoms with Crippen LogP contribution in [0.4, 0.5) is 0 Å². The second kappa shape index (κ2) is 38.7. The SMILES string of the molecule is C=C[CH2-].C=C[CH2-].CC(C)CCCCCSCC(=O)O.CC(C)CCCCCSCC(=O)O.[Zn+2]. The molecule has 192 valence electrons. The molecule has 0 heterocycles. The Hall–Kier alpha value is -0.517. The van der Waals surface area contributed by atoms with Crippen molar-refractivity contribution in [3.63, 3.8) is 0 Å². The first-order valence-corrected chi connectivity index (χ1v) is 13.8. The molecule has 0 aliphatic heterocycles. The summed E-state index contributed by atoms with van der Waals surface area (Å²) < 4.78 is 0. The van der Waals surface area contributed by atoms with Crippen LogP contribution in [0.2, 0.25) is 0 Å². The molecular formula is C26H50O4S2Zn. The van der Waals surface area contributed by atoms with Gasteiger partial charge in [0.1, 0.15) is 0 Å². The summed E-state index contributed by atoms with van der Waals surface area (Å²) in [5.41, 5.74) is 0. The Morgan fingerprint density at radius 3 is 1.21 bits per heavy atom. The number of allylic oxidation sites excluding steroid dienone is 2. The average Bonchev–Trinajstić information content (AvgIpc) is 2.67. The zero-order valence-corrected chi connectivity index (χ0v) is 26.5. The van der Waals surface area contributed by atoms with Gasteiger partial charge < -0.3 is 10.2 Å². The molecule has 33 heavy (non-hydrogen) atoms. The quantitative estimate of drug-likeness (QED) is 0.114. The van der Waals surface area contributed by atoms with Crippen LogP contribution >= 0.6 is 23.5 Å². The van der Waals surface area contributed by atoms with E-state index in [4.69, 9.17) is 10.2 Å². The molecule has 0 aliphatic rings. The zero-order chi connectivity index (χ0) is 25.6. The Labute approximate surface area is 227 Å². The first-order valence-electron chi connectivity index (χ1n) is 11.5. The second-order valence-corrected chi connectivity index (χ2v) is 10.2. The third kappa shape index (κ3) is 72.1. The van der Waals surface area contributed by atoms with Crippen LogP contribution in [0.3, 0.4) is 0 Å². The van der Waals surface area contributed by atoms with Gasteiger partial charge in [-0.25, -0.2) is 39.2 Å². The number of aliphatic carboxylic acids is 2. The van der Waals surface area contributed by atoms with Gasteiger partial charge in [0.25, 0.3) is 0 Å². The zero-order valence-electron chi connectivity index (χ0n) is 21.9. The van der Waals surface area contributed by atoms with Crippen molar-refractivity contribution in [1.82, 2.24) is 0 Å². The van der Waals surface area contributed by atoms with E-state index in [9.17, 15) is 9.59 Å². The van der Waals surface area contributed by atoms with Gasteiger partial charge in [-0.1, -0.05) is 66.2 Å². The maximum absolute atomic E-state index is 10.2. The third-order valence-corrected chi connectivity index (χ3v) is 5.65.